The first kappa shape index (κ1) is 12.4. The van der Waals surface area contributed by atoms with Gasteiger partial charge in [-0.1, -0.05) is 33.1 Å². The van der Waals surface area contributed by atoms with E-state index in [1.54, 1.807) is 4.90 Å². The van der Waals surface area contributed by atoms with Crippen LogP contribution in [0.15, 0.2) is 0 Å². The Morgan fingerprint density at radius 3 is 2.88 bits per heavy atom. The number of amides is 3. The van der Waals surface area contributed by atoms with Gasteiger partial charge in [-0.15, -0.1) is 0 Å². The Balaban J connectivity index is 2.20. The van der Waals surface area contributed by atoms with E-state index in [0.717, 1.165) is 32.1 Å². The van der Waals surface area contributed by atoms with Gasteiger partial charge in [0.1, 0.15) is 5.54 Å². The Labute approximate surface area is 103 Å². The molecule has 0 aromatic heterocycles. The van der Waals surface area contributed by atoms with E-state index in [1.807, 2.05) is 0 Å². The van der Waals surface area contributed by atoms with Gasteiger partial charge in [0.2, 0.25) is 0 Å². The Kier molecular flexibility index (Phi) is 3.40. The van der Waals surface area contributed by atoms with Gasteiger partial charge in [-0.25, -0.2) is 4.79 Å². The minimum absolute atomic E-state index is 0.0647. The topological polar surface area (TPSA) is 49.4 Å². The number of carbonyl (C=O) groups excluding carboxylic acids is 2. The van der Waals surface area contributed by atoms with Gasteiger partial charge < -0.3 is 4.90 Å². The fourth-order valence-electron chi connectivity index (χ4n) is 3.20. The van der Waals surface area contributed by atoms with Gasteiger partial charge in [0, 0.05) is 6.54 Å². The van der Waals surface area contributed by atoms with Crippen molar-refractivity contribution in [1.82, 2.24) is 10.2 Å². The molecular weight excluding hydrogens is 216 g/mol. The Morgan fingerprint density at radius 1 is 1.47 bits per heavy atom. The molecule has 1 aliphatic carbocycles. The van der Waals surface area contributed by atoms with Gasteiger partial charge in [-0.3, -0.25) is 10.1 Å². The molecule has 4 nitrogen and oxygen atoms in total. The number of nitrogens with one attached hydrogen (secondary N) is 1. The summed E-state index contributed by atoms with van der Waals surface area (Å²) in [6.45, 7) is 4.99. The van der Waals surface area contributed by atoms with Crippen molar-refractivity contribution in [1.29, 1.82) is 0 Å². The van der Waals surface area contributed by atoms with Gasteiger partial charge >= 0.3 is 6.03 Å². The van der Waals surface area contributed by atoms with Crippen LogP contribution in [-0.2, 0) is 4.79 Å². The van der Waals surface area contributed by atoms with Gasteiger partial charge in [0.15, 0.2) is 0 Å². The predicted octanol–water partition coefficient (Wildman–Crippen LogP) is 2.29. The van der Waals surface area contributed by atoms with Crippen molar-refractivity contribution in [3.63, 3.8) is 0 Å². The lowest BCUT2D eigenvalue weighted by molar-refractivity contribution is -0.129. The van der Waals surface area contributed by atoms with Crippen LogP contribution in [0.5, 0.6) is 0 Å². The number of rotatable bonds is 3. The summed E-state index contributed by atoms with van der Waals surface area (Å²) in [5, 5.41) is 2.50. The summed E-state index contributed by atoms with van der Waals surface area (Å²) in [4.78, 5) is 25.8. The molecule has 17 heavy (non-hydrogen) atoms. The van der Waals surface area contributed by atoms with Crippen molar-refractivity contribution >= 4 is 11.9 Å². The summed E-state index contributed by atoms with van der Waals surface area (Å²) >= 11 is 0. The second-order valence-electron chi connectivity index (χ2n) is 5.50. The SMILES string of the molecule is CCCCN1C(=O)NC(=O)C12CCCC(C)C2. The lowest BCUT2D eigenvalue weighted by Crippen LogP contribution is -2.52. The van der Waals surface area contributed by atoms with E-state index in [9.17, 15) is 9.59 Å². The van der Waals surface area contributed by atoms with Gasteiger partial charge in [0.05, 0.1) is 0 Å². The summed E-state index contributed by atoms with van der Waals surface area (Å²) in [7, 11) is 0. The lowest BCUT2D eigenvalue weighted by atomic mass is 9.75. The van der Waals surface area contributed by atoms with Crippen molar-refractivity contribution in [2.45, 2.75) is 57.9 Å². The van der Waals surface area contributed by atoms with Crippen molar-refractivity contribution < 1.29 is 9.59 Å². The maximum Gasteiger partial charge on any atom is 0.325 e. The highest BCUT2D eigenvalue weighted by atomic mass is 16.2. The number of carbonyl (C=O) groups is 2. The molecule has 0 aromatic carbocycles. The van der Waals surface area contributed by atoms with E-state index < -0.39 is 5.54 Å². The fourth-order valence-corrected chi connectivity index (χ4v) is 3.20. The van der Waals surface area contributed by atoms with Crippen molar-refractivity contribution in [3.05, 3.63) is 0 Å². The van der Waals surface area contributed by atoms with E-state index in [2.05, 4.69) is 19.2 Å². The molecule has 96 valence electrons. The van der Waals surface area contributed by atoms with Gasteiger partial charge in [-0.05, 0) is 25.2 Å². The quantitative estimate of drug-likeness (QED) is 0.767. The molecule has 2 aliphatic rings. The molecular formula is C13H22N2O2. The number of urea groups is 1. The van der Waals surface area contributed by atoms with Crippen molar-refractivity contribution in [2.24, 2.45) is 5.92 Å². The zero-order valence-corrected chi connectivity index (χ0v) is 10.8. The molecule has 2 rings (SSSR count). The highest BCUT2D eigenvalue weighted by Crippen LogP contribution is 2.39. The minimum Gasteiger partial charge on any atom is -0.310 e. The Morgan fingerprint density at radius 2 is 2.24 bits per heavy atom. The van der Waals surface area contributed by atoms with Gasteiger partial charge in [-0.2, -0.15) is 0 Å². The summed E-state index contributed by atoms with van der Waals surface area (Å²) in [6, 6.07) is -0.183. The first-order chi connectivity index (χ1) is 8.10. The highest BCUT2D eigenvalue weighted by Gasteiger charge is 2.53. The van der Waals surface area contributed by atoms with Crippen molar-refractivity contribution in [2.75, 3.05) is 6.54 Å². The summed E-state index contributed by atoms with van der Waals surface area (Å²) < 4.78 is 0. The zero-order chi connectivity index (χ0) is 12.5. The number of nitrogens with zero attached hydrogens (tertiary/aromatic N) is 1. The van der Waals surface area contributed by atoms with E-state index in [0.29, 0.717) is 12.5 Å². The molecule has 3 amide bonds. The molecule has 2 atom stereocenters. The second-order valence-corrected chi connectivity index (χ2v) is 5.50. The molecule has 1 N–H and O–H groups in total. The standard InChI is InChI=1S/C13H22N2O2/c1-3-4-8-15-12(17)14-11(16)13(15)7-5-6-10(2)9-13/h10H,3-9H2,1-2H3,(H,14,16,17). The average molecular weight is 238 g/mol. The van der Waals surface area contributed by atoms with Crippen LogP contribution in [0.25, 0.3) is 0 Å². The number of unbranched alkanes of at least 4 members (excludes halogenated alkanes) is 1. The third-order valence-corrected chi connectivity index (χ3v) is 4.11. The molecule has 0 radical (unpaired) electrons. The monoisotopic (exact) mass is 238 g/mol. The smallest absolute Gasteiger partial charge is 0.310 e. The minimum atomic E-state index is -0.524. The summed E-state index contributed by atoms with van der Waals surface area (Å²) in [6.07, 6.45) is 5.89. The molecule has 2 fully saturated rings. The largest absolute Gasteiger partial charge is 0.325 e. The molecule has 2 unspecified atom stereocenters. The molecule has 1 saturated heterocycles. The van der Waals surface area contributed by atoms with Crippen LogP contribution in [0, 0.1) is 5.92 Å². The van der Waals surface area contributed by atoms with Crippen LogP contribution in [0.2, 0.25) is 0 Å². The average Bonchev–Trinajstić information content (AvgIpc) is 2.49. The van der Waals surface area contributed by atoms with Gasteiger partial charge in [0.25, 0.3) is 5.91 Å². The molecule has 1 aliphatic heterocycles. The molecule has 1 heterocycles. The maximum absolute atomic E-state index is 12.1. The first-order valence-corrected chi connectivity index (χ1v) is 6.73. The summed E-state index contributed by atoms with van der Waals surface area (Å²) in [5.74, 6) is 0.467. The third kappa shape index (κ3) is 2.05. The van der Waals surface area contributed by atoms with E-state index in [-0.39, 0.29) is 11.9 Å². The van der Waals surface area contributed by atoms with Crippen LogP contribution >= 0.6 is 0 Å². The number of imide groups is 1. The number of hydrogen-bond acceptors (Lipinski definition) is 2. The predicted molar refractivity (Wildman–Crippen MR) is 65.5 cm³/mol. The summed E-state index contributed by atoms with van der Waals surface area (Å²) in [5.41, 5.74) is -0.524. The zero-order valence-electron chi connectivity index (χ0n) is 10.8. The molecule has 0 bridgehead atoms. The van der Waals surface area contributed by atoms with Crippen LogP contribution in [0.1, 0.15) is 52.4 Å². The number of hydrogen-bond donors (Lipinski definition) is 1. The second kappa shape index (κ2) is 4.67. The normalized spacial score (nSPS) is 33.3. The van der Waals surface area contributed by atoms with Crippen LogP contribution in [-0.4, -0.2) is 28.9 Å². The van der Waals surface area contributed by atoms with Crippen molar-refractivity contribution in [3.8, 4) is 0 Å². The third-order valence-electron chi connectivity index (χ3n) is 4.11. The molecule has 1 saturated carbocycles. The Hall–Kier alpha value is -1.06. The lowest BCUT2D eigenvalue weighted by Gasteiger charge is -2.40. The first-order valence-electron chi connectivity index (χ1n) is 6.73. The molecule has 4 heteroatoms. The van der Waals surface area contributed by atoms with E-state index in [4.69, 9.17) is 0 Å². The highest BCUT2D eigenvalue weighted by molar-refractivity contribution is 6.07. The fraction of sp³-hybridized carbons (Fsp3) is 0.846. The van der Waals surface area contributed by atoms with Crippen LogP contribution < -0.4 is 5.32 Å². The van der Waals surface area contributed by atoms with E-state index >= 15 is 0 Å². The van der Waals surface area contributed by atoms with Crippen LogP contribution in [0.3, 0.4) is 0 Å². The molecule has 0 aromatic rings. The maximum atomic E-state index is 12.1. The van der Waals surface area contributed by atoms with E-state index in [1.165, 1.54) is 6.42 Å². The Bertz CT molecular complexity index is 329. The van der Waals surface area contributed by atoms with Crippen LogP contribution in [0.4, 0.5) is 4.79 Å². The molecule has 1 spiro atoms.